The lowest BCUT2D eigenvalue weighted by Crippen LogP contribution is -2.03. The maximum Gasteiger partial charge on any atom is 0.336 e. The van der Waals surface area contributed by atoms with Crippen LogP contribution in [-0.4, -0.2) is 5.97 Å². The van der Waals surface area contributed by atoms with Crippen molar-refractivity contribution < 1.29 is 9.53 Å². The summed E-state index contributed by atoms with van der Waals surface area (Å²) >= 11 is 0. The van der Waals surface area contributed by atoms with Crippen molar-refractivity contribution in [1.29, 1.82) is 0 Å². The van der Waals surface area contributed by atoms with Crippen LogP contribution in [0.25, 0.3) is 12.2 Å². The van der Waals surface area contributed by atoms with Gasteiger partial charge in [-0.2, -0.15) is 0 Å². The summed E-state index contributed by atoms with van der Waals surface area (Å²) in [6.45, 7) is 3.67. The Morgan fingerprint density at radius 1 is 0.947 bits per heavy atom. The van der Waals surface area contributed by atoms with Gasteiger partial charge < -0.3 is 4.74 Å². The first-order valence-corrected chi connectivity index (χ1v) is 5.95. The van der Waals surface area contributed by atoms with Crippen molar-refractivity contribution in [3.63, 3.8) is 0 Å². The molecule has 0 amide bonds. The van der Waals surface area contributed by atoms with Crippen molar-refractivity contribution in [2.24, 2.45) is 0 Å². The molecule has 0 heterocycles. The molecular formula is C17H14O2. The summed E-state index contributed by atoms with van der Waals surface area (Å²) < 4.78 is 5.18. The van der Waals surface area contributed by atoms with Crippen LogP contribution in [0, 0.1) is 0 Å². The largest absolute Gasteiger partial charge is 0.423 e. The number of hydrogen-bond donors (Lipinski definition) is 0. The predicted molar refractivity (Wildman–Crippen MR) is 77.6 cm³/mol. The molecule has 0 N–H and O–H groups in total. The highest BCUT2D eigenvalue weighted by Crippen LogP contribution is 2.13. The number of esters is 1. The van der Waals surface area contributed by atoms with E-state index >= 15 is 0 Å². The number of hydrogen-bond acceptors (Lipinski definition) is 2. The summed E-state index contributed by atoms with van der Waals surface area (Å²) in [5, 5.41) is 0. The predicted octanol–water partition coefficient (Wildman–Crippen LogP) is 3.95. The van der Waals surface area contributed by atoms with Crippen molar-refractivity contribution in [1.82, 2.24) is 0 Å². The minimum absolute atomic E-state index is 0.393. The molecule has 0 aliphatic carbocycles. The third-order valence-electron chi connectivity index (χ3n) is 2.55. The van der Waals surface area contributed by atoms with Crippen LogP contribution in [0.15, 0.2) is 67.3 Å². The second kappa shape index (κ2) is 6.36. The number of carbonyl (C=O) groups excluding carboxylic acids is 1. The Labute approximate surface area is 112 Å². The molecule has 2 aromatic rings. The minimum atomic E-state index is -0.393. The summed E-state index contributed by atoms with van der Waals surface area (Å²) in [5.74, 6) is 0.128. The summed E-state index contributed by atoms with van der Waals surface area (Å²) in [6, 6.07) is 16.8. The second-order valence-corrected chi connectivity index (χ2v) is 3.94. The Balaban J connectivity index is 1.97. The number of benzene rings is 2. The SMILES string of the molecule is C=Cc1ccc(OC(=O)C=Cc2ccccc2)cc1. The molecule has 0 atom stereocenters. The fourth-order valence-electron chi connectivity index (χ4n) is 1.55. The molecule has 0 bridgehead atoms. The molecule has 0 fully saturated rings. The van der Waals surface area contributed by atoms with E-state index in [0.29, 0.717) is 5.75 Å². The van der Waals surface area contributed by atoms with Crippen LogP contribution in [0.2, 0.25) is 0 Å². The van der Waals surface area contributed by atoms with Crippen LogP contribution >= 0.6 is 0 Å². The molecule has 0 spiro atoms. The molecule has 2 rings (SSSR count). The molecule has 2 heteroatoms. The standard InChI is InChI=1S/C17H14O2/c1-2-14-8-11-16(12-9-14)19-17(18)13-10-15-6-4-3-5-7-15/h2-13H,1H2. The molecular weight excluding hydrogens is 236 g/mol. The highest BCUT2D eigenvalue weighted by atomic mass is 16.5. The zero-order chi connectivity index (χ0) is 13.5. The van der Waals surface area contributed by atoms with E-state index in [1.54, 1.807) is 24.3 Å². The summed E-state index contributed by atoms with van der Waals surface area (Å²) in [4.78, 5) is 11.6. The molecule has 0 aromatic heterocycles. The smallest absolute Gasteiger partial charge is 0.336 e. The van der Waals surface area contributed by atoms with E-state index < -0.39 is 5.97 Å². The van der Waals surface area contributed by atoms with Crippen LogP contribution < -0.4 is 4.74 Å². The van der Waals surface area contributed by atoms with Gasteiger partial charge in [0, 0.05) is 6.08 Å². The van der Waals surface area contributed by atoms with E-state index in [2.05, 4.69) is 6.58 Å². The topological polar surface area (TPSA) is 26.3 Å². The van der Waals surface area contributed by atoms with Crippen LogP contribution in [0.1, 0.15) is 11.1 Å². The van der Waals surface area contributed by atoms with Gasteiger partial charge in [0.15, 0.2) is 0 Å². The van der Waals surface area contributed by atoms with Gasteiger partial charge in [0.25, 0.3) is 0 Å². The minimum Gasteiger partial charge on any atom is -0.423 e. The van der Waals surface area contributed by atoms with Crippen LogP contribution in [0.5, 0.6) is 5.75 Å². The van der Waals surface area contributed by atoms with Gasteiger partial charge in [-0.3, -0.25) is 0 Å². The van der Waals surface area contributed by atoms with E-state index in [1.807, 2.05) is 42.5 Å². The summed E-state index contributed by atoms with van der Waals surface area (Å²) in [5.41, 5.74) is 1.95. The third-order valence-corrected chi connectivity index (χ3v) is 2.55. The van der Waals surface area contributed by atoms with E-state index in [4.69, 9.17) is 4.74 Å². The van der Waals surface area contributed by atoms with Crippen molar-refractivity contribution >= 4 is 18.1 Å². The zero-order valence-electron chi connectivity index (χ0n) is 10.5. The number of ether oxygens (including phenoxy) is 1. The Hall–Kier alpha value is -2.61. The van der Waals surface area contributed by atoms with Gasteiger partial charge >= 0.3 is 5.97 Å². The van der Waals surface area contributed by atoms with Gasteiger partial charge in [0.2, 0.25) is 0 Å². The Morgan fingerprint density at radius 2 is 1.63 bits per heavy atom. The normalized spacial score (nSPS) is 10.3. The van der Waals surface area contributed by atoms with E-state index in [9.17, 15) is 4.79 Å². The summed E-state index contributed by atoms with van der Waals surface area (Å²) in [7, 11) is 0. The lowest BCUT2D eigenvalue weighted by atomic mass is 10.2. The Kier molecular flexibility index (Phi) is 4.29. The first-order valence-electron chi connectivity index (χ1n) is 5.95. The molecule has 2 nitrogen and oxygen atoms in total. The van der Waals surface area contributed by atoms with Gasteiger partial charge in [-0.25, -0.2) is 4.79 Å². The fourth-order valence-corrected chi connectivity index (χ4v) is 1.55. The second-order valence-electron chi connectivity index (χ2n) is 3.94. The summed E-state index contributed by atoms with van der Waals surface area (Å²) in [6.07, 6.45) is 4.87. The van der Waals surface area contributed by atoms with Crippen molar-refractivity contribution in [2.45, 2.75) is 0 Å². The van der Waals surface area contributed by atoms with Gasteiger partial charge in [0.05, 0.1) is 0 Å². The van der Waals surface area contributed by atoms with E-state index in [-0.39, 0.29) is 0 Å². The zero-order valence-corrected chi connectivity index (χ0v) is 10.5. The first kappa shape index (κ1) is 12.8. The molecule has 0 saturated heterocycles. The Morgan fingerprint density at radius 3 is 2.26 bits per heavy atom. The highest BCUT2D eigenvalue weighted by molar-refractivity contribution is 5.88. The van der Waals surface area contributed by atoms with Gasteiger partial charge in [-0.1, -0.05) is 55.1 Å². The van der Waals surface area contributed by atoms with Gasteiger partial charge in [-0.05, 0) is 29.3 Å². The number of carbonyl (C=O) groups is 1. The molecule has 0 saturated carbocycles. The van der Waals surface area contributed by atoms with Crippen molar-refractivity contribution in [3.8, 4) is 5.75 Å². The van der Waals surface area contributed by atoms with Gasteiger partial charge in [0.1, 0.15) is 5.75 Å². The lowest BCUT2D eigenvalue weighted by Gasteiger charge is -2.01. The fraction of sp³-hybridized carbons (Fsp3) is 0. The molecule has 2 aromatic carbocycles. The van der Waals surface area contributed by atoms with E-state index in [0.717, 1.165) is 11.1 Å². The molecule has 0 radical (unpaired) electrons. The van der Waals surface area contributed by atoms with E-state index in [1.165, 1.54) is 6.08 Å². The van der Waals surface area contributed by atoms with Crippen molar-refractivity contribution in [3.05, 3.63) is 78.4 Å². The number of rotatable bonds is 4. The maximum atomic E-state index is 11.6. The van der Waals surface area contributed by atoms with Crippen LogP contribution in [0.3, 0.4) is 0 Å². The lowest BCUT2D eigenvalue weighted by molar-refractivity contribution is -0.128. The molecule has 0 aliphatic heterocycles. The van der Waals surface area contributed by atoms with Gasteiger partial charge in [-0.15, -0.1) is 0 Å². The average molecular weight is 250 g/mol. The maximum absolute atomic E-state index is 11.6. The quantitative estimate of drug-likeness (QED) is 0.466. The van der Waals surface area contributed by atoms with Crippen LogP contribution in [0.4, 0.5) is 0 Å². The highest BCUT2D eigenvalue weighted by Gasteiger charge is 1.99. The first-order chi connectivity index (χ1) is 9.28. The monoisotopic (exact) mass is 250 g/mol. The van der Waals surface area contributed by atoms with Crippen molar-refractivity contribution in [2.75, 3.05) is 0 Å². The Bertz CT molecular complexity index is 580. The third kappa shape index (κ3) is 3.96. The molecule has 94 valence electrons. The molecule has 19 heavy (non-hydrogen) atoms. The molecule has 0 unspecified atom stereocenters. The average Bonchev–Trinajstić information content (AvgIpc) is 2.47. The molecule has 0 aliphatic rings. The van der Waals surface area contributed by atoms with Crippen LogP contribution in [-0.2, 0) is 4.79 Å².